The number of benzene rings is 1. The molecule has 0 radical (unpaired) electrons. The Bertz CT molecular complexity index is 550. The van der Waals surface area contributed by atoms with Crippen LogP contribution in [-0.2, 0) is 13.1 Å². The Morgan fingerprint density at radius 3 is 2.52 bits per heavy atom. The zero-order valence-corrected chi connectivity index (χ0v) is 14.0. The third-order valence-electron chi connectivity index (χ3n) is 4.33. The molecule has 2 nitrogen and oxygen atoms in total. The summed E-state index contributed by atoms with van der Waals surface area (Å²) in [6.45, 7) is 12.3. The van der Waals surface area contributed by atoms with Gasteiger partial charge in [0.2, 0.25) is 0 Å². The number of rotatable bonds is 8. The minimum Gasteiger partial charge on any atom is -0.347 e. The van der Waals surface area contributed by atoms with Crippen LogP contribution in [0.15, 0.2) is 30.5 Å². The summed E-state index contributed by atoms with van der Waals surface area (Å²) in [5.41, 5.74) is 2.76. The van der Waals surface area contributed by atoms with Gasteiger partial charge >= 0.3 is 0 Å². The van der Waals surface area contributed by atoms with Crippen molar-refractivity contribution in [2.75, 3.05) is 6.54 Å². The molecule has 0 unspecified atom stereocenters. The lowest BCUT2D eigenvalue weighted by atomic mass is 10.0. The molecule has 1 aromatic heterocycles. The molecule has 21 heavy (non-hydrogen) atoms. The highest BCUT2D eigenvalue weighted by molar-refractivity contribution is 5.80. The highest BCUT2D eigenvalue weighted by Crippen LogP contribution is 2.21. The fourth-order valence-electron chi connectivity index (χ4n) is 2.83. The number of nitrogens with one attached hydrogen (secondary N) is 1. The number of nitrogens with zero attached hydrogens (tertiary/aromatic N) is 1. The molecule has 0 aliphatic rings. The Hall–Kier alpha value is -1.28. The highest BCUT2D eigenvalue weighted by atomic mass is 15.0. The van der Waals surface area contributed by atoms with E-state index in [1.54, 1.807) is 0 Å². The Labute approximate surface area is 129 Å². The monoisotopic (exact) mass is 286 g/mol. The topological polar surface area (TPSA) is 17.0 Å². The van der Waals surface area contributed by atoms with E-state index in [1.165, 1.54) is 29.3 Å². The lowest BCUT2D eigenvalue weighted by molar-refractivity contribution is 0.425. The second kappa shape index (κ2) is 7.65. The van der Waals surface area contributed by atoms with Crippen molar-refractivity contribution >= 4 is 10.9 Å². The first-order chi connectivity index (χ1) is 10.1. The molecule has 0 saturated heterocycles. The van der Waals surface area contributed by atoms with Crippen LogP contribution >= 0.6 is 0 Å². The molecule has 0 bridgehead atoms. The molecule has 2 rings (SSSR count). The van der Waals surface area contributed by atoms with Gasteiger partial charge in [-0.2, -0.15) is 0 Å². The summed E-state index contributed by atoms with van der Waals surface area (Å²) in [4.78, 5) is 0. The predicted octanol–water partition coefficient (Wildman–Crippen LogP) is 4.82. The van der Waals surface area contributed by atoms with Crippen LogP contribution in [0, 0.1) is 11.8 Å². The average Bonchev–Trinajstić information content (AvgIpc) is 2.86. The summed E-state index contributed by atoms with van der Waals surface area (Å²) >= 11 is 0. The van der Waals surface area contributed by atoms with Crippen LogP contribution in [0.5, 0.6) is 0 Å². The van der Waals surface area contributed by atoms with Crippen LogP contribution in [0.4, 0.5) is 0 Å². The molecule has 0 atom stereocenters. The van der Waals surface area contributed by atoms with Crippen LogP contribution in [0.1, 0.15) is 46.1 Å². The Morgan fingerprint density at radius 1 is 1.10 bits per heavy atom. The van der Waals surface area contributed by atoms with Gasteiger partial charge in [-0.15, -0.1) is 0 Å². The van der Waals surface area contributed by atoms with Gasteiger partial charge in [0.25, 0.3) is 0 Å². The molecule has 0 aliphatic carbocycles. The average molecular weight is 286 g/mol. The largest absolute Gasteiger partial charge is 0.347 e. The normalized spacial score (nSPS) is 11.9. The minimum absolute atomic E-state index is 0.701. The molecule has 1 heterocycles. The number of aromatic nitrogens is 1. The highest BCUT2D eigenvalue weighted by Gasteiger charge is 2.08. The third kappa shape index (κ3) is 4.34. The van der Waals surface area contributed by atoms with Gasteiger partial charge in [0.05, 0.1) is 0 Å². The van der Waals surface area contributed by atoms with Crippen LogP contribution in [-0.4, -0.2) is 11.1 Å². The lowest BCUT2D eigenvalue weighted by Crippen LogP contribution is -2.18. The van der Waals surface area contributed by atoms with Crippen molar-refractivity contribution in [2.24, 2.45) is 11.8 Å². The number of hydrogen-bond donors (Lipinski definition) is 1. The summed E-state index contributed by atoms with van der Waals surface area (Å²) in [7, 11) is 0. The molecular weight excluding hydrogens is 256 g/mol. The van der Waals surface area contributed by atoms with Gasteiger partial charge in [-0.25, -0.2) is 0 Å². The summed E-state index contributed by atoms with van der Waals surface area (Å²) in [5, 5.41) is 4.89. The van der Waals surface area contributed by atoms with Crippen molar-refractivity contribution in [3.05, 3.63) is 36.0 Å². The maximum Gasteiger partial charge on any atom is 0.0483 e. The molecule has 2 aromatic rings. The molecule has 0 aliphatic heterocycles. The molecule has 0 amide bonds. The van der Waals surface area contributed by atoms with E-state index in [2.05, 4.69) is 68.0 Å². The quantitative estimate of drug-likeness (QED) is 0.736. The van der Waals surface area contributed by atoms with E-state index in [9.17, 15) is 0 Å². The molecular formula is C19H30N2. The van der Waals surface area contributed by atoms with Gasteiger partial charge < -0.3 is 9.88 Å². The van der Waals surface area contributed by atoms with Gasteiger partial charge in [0.1, 0.15) is 0 Å². The van der Waals surface area contributed by atoms with Crippen molar-refractivity contribution in [2.45, 2.75) is 53.6 Å². The number of hydrogen-bond acceptors (Lipinski definition) is 1. The Kier molecular flexibility index (Phi) is 5.86. The van der Waals surface area contributed by atoms with E-state index in [0.717, 1.165) is 25.6 Å². The maximum atomic E-state index is 3.53. The van der Waals surface area contributed by atoms with E-state index < -0.39 is 0 Å². The minimum atomic E-state index is 0.701. The van der Waals surface area contributed by atoms with E-state index >= 15 is 0 Å². The predicted molar refractivity (Wildman–Crippen MR) is 92.6 cm³/mol. The smallest absolute Gasteiger partial charge is 0.0483 e. The molecule has 1 aromatic carbocycles. The van der Waals surface area contributed by atoms with Gasteiger partial charge in [0.15, 0.2) is 0 Å². The van der Waals surface area contributed by atoms with Crippen molar-refractivity contribution in [1.29, 1.82) is 0 Å². The molecule has 116 valence electrons. The second-order valence-electron chi connectivity index (χ2n) is 6.57. The van der Waals surface area contributed by atoms with Crippen LogP contribution in [0.25, 0.3) is 10.9 Å². The van der Waals surface area contributed by atoms with Crippen LogP contribution in [0.3, 0.4) is 0 Å². The van der Waals surface area contributed by atoms with Crippen LogP contribution in [0.2, 0.25) is 0 Å². The summed E-state index contributed by atoms with van der Waals surface area (Å²) < 4.78 is 2.43. The summed E-state index contributed by atoms with van der Waals surface area (Å²) in [6.07, 6.45) is 4.76. The van der Waals surface area contributed by atoms with Gasteiger partial charge in [-0.3, -0.25) is 0 Å². The van der Waals surface area contributed by atoms with Crippen molar-refractivity contribution < 1.29 is 0 Å². The van der Waals surface area contributed by atoms with Crippen molar-refractivity contribution in [3.63, 3.8) is 0 Å². The number of fused-ring (bicyclic) bond motifs is 1. The molecule has 0 fully saturated rings. The second-order valence-corrected chi connectivity index (χ2v) is 6.57. The fraction of sp³-hybridized carbons (Fsp3) is 0.579. The fourth-order valence-corrected chi connectivity index (χ4v) is 2.83. The summed E-state index contributed by atoms with van der Waals surface area (Å²) in [6, 6.07) is 9.09. The summed E-state index contributed by atoms with van der Waals surface area (Å²) in [5.74, 6) is 1.48. The maximum absolute atomic E-state index is 3.53. The van der Waals surface area contributed by atoms with Crippen molar-refractivity contribution in [1.82, 2.24) is 9.88 Å². The lowest BCUT2D eigenvalue weighted by Gasteiger charge is -2.15. The van der Waals surface area contributed by atoms with Crippen molar-refractivity contribution in [3.8, 4) is 0 Å². The van der Waals surface area contributed by atoms with E-state index in [4.69, 9.17) is 0 Å². The van der Waals surface area contributed by atoms with E-state index in [0.29, 0.717) is 5.92 Å². The van der Waals surface area contributed by atoms with Crippen LogP contribution < -0.4 is 5.32 Å². The molecule has 0 spiro atoms. The molecule has 1 N–H and O–H groups in total. The zero-order chi connectivity index (χ0) is 15.2. The Balaban J connectivity index is 2.12. The van der Waals surface area contributed by atoms with Gasteiger partial charge in [-0.1, -0.05) is 52.7 Å². The zero-order valence-electron chi connectivity index (χ0n) is 14.0. The van der Waals surface area contributed by atoms with Gasteiger partial charge in [-0.05, 0) is 41.5 Å². The van der Waals surface area contributed by atoms with Gasteiger partial charge in [0, 0.05) is 24.8 Å². The standard InChI is InChI=1S/C19H30N2/c1-5-16(6-2)14-21-10-9-18-8-7-17(11-19(18)21)13-20-12-15(3)4/h7-11,15-16,20H,5-6,12-14H2,1-4H3. The van der Waals surface area contributed by atoms with E-state index in [-0.39, 0.29) is 0 Å². The van der Waals surface area contributed by atoms with E-state index in [1.807, 2.05) is 0 Å². The first kappa shape index (κ1) is 16.1. The Morgan fingerprint density at radius 2 is 1.86 bits per heavy atom. The first-order valence-corrected chi connectivity index (χ1v) is 8.42. The molecule has 0 saturated carbocycles. The first-order valence-electron chi connectivity index (χ1n) is 8.42. The third-order valence-corrected chi connectivity index (χ3v) is 4.33. The SMILES string of the molecule is CCC(CC)Cn1ccc2ccc(CNCC(C)C)cc21. The molecule has 2 heteroatoms.